The van der Waals surface area contributed by atoms with E-state index in [0.29, 0.717) is 44.2 Å². The van der Waals surface area contributed by atoms with Crippen molar-refractivity contribution in [1.82, 2.24) is 10.2 Å². The molecule has 4 rings (SSSR count). The number of carbonyl (C=O) groups excluding carboxylic acids is 1. The molecular weight excluding hydrogens is 390 g/mol. The van der Waals surface area contributed by atoms with Gasteiger partial charge in [-0.05, 0) is 54.1 Å². The standard InChI is InChI=1S/C23H22F2N2O3/c24-18-6-4-16(5-7-18)21-8-9-22(30-21)23(28)26-15-20(27-10-12-29-13-11-27)17-2-1-3-19(25)14-17/h1-9,14,20H,10-13,15H2,(H,26,28). The molecule has 0 saturated carbocycles. The van der Waals surface area contributed by atoms with E-state index in [1.807, 2.05) is 6.07 Å². The molecular formula is C23H22F2N2O3. The van der Waals surface area contributed by atoms with Crippen LogP contribution in [-0.2, 0) is 4.74 Å². The fourth-order valence-electron chi connectivity index (χ4n) is 3.57. The van der Waals surface area contributed by atoms with E-state index in [9.17, 15) is 13.6 Å². The van der Waals surface area contributed by atoms with Crippen LogP contribution in [0.2, 0.25) is 0 Å². The van der Waals surface area contributed by atoms with Crippen molar-refractivity contribution >= 4 is 5.91 Å². The quantitative estimate of drug-likeness (QED) is 0.664. The smallest absolute Gasteiger partial charge is 0.287 e. The van der Waals surface area contributed by atoms with Gasteiger partial charge >= 0.3 is 0 Å². The highest BCUT2D eigenvalue weighted by molar-refractivity contribution is 5.92. The average Bonchev–Trinajstić information content (AvgIpc) is 3.25. The monoisotopic (exact) mass is 412 g/mol. The number of hydrogen-bond acceptors (Lipinski definition) is 4. The second-order valence-corrected chi connectivity index (χ2v) is 7.10. The number of rotatable bonds is 6. The Bertz CT molecular complexity index is 998. The summed E-state index contributed by atoms with van der Waals surface area (Å²) in [6, 6.07) is 15.4. The number of carbonyl (C=O) groups is 1. The summed E-state index contributed by atoms with van der Waals surface area (Å²) in [5.41, 5.74) is 1.48. The van der Waals surface area contributed by atoms with Crippen molar-refractivity contribution in [2.75, 3.05) is 32.8 Å². The summed E-state index contributed by atoms with van der Waals surface area (Å²) in [7, 11) is 0. The Morgan fingerprint density at radius 1 is 1.00 bits per heavy atom. The number of nitrogens with one attached hydrogen (secondary N) is 1. The zero-order valence-corrected chi connectivity index (χ0v) is 16.3. The Labute approximate surface area is 173 Å². The molecule has 1 fully saturated rings. The normalized spacial score (nSPS) is 15.7. The van der Waals surface area contributed by atoms with Gasteiger partial charge in [0.2, 0.25) is 0 Å². The highest BCUT2D eigenvalue weighted by Crippen LogP contribution is 2.24. The van der Waals surface area contributed by atoms with Crippen molar-refractivity contribution in [3.8, 4) is 11.3 Å². The summed E-state index contributed by atoms with van der Waals surface area (Å²) < 4.78 is 37.9. The van der Waals surface area contributed by atoms with Crippen molar-refractivity contribution in [3.63, 3.8) is 0 Å². The van der Waals surface area contributed by atoms with Gasteiger partial charge in [0.05, 0.1) is 19.3 Å². The summed E-state index contributed by atoms with van der Waals surface area (Å²) in [5.74, 6) is -0.371. The number of benzene rings is 2. The minimum atomic E-state index is -0.363. The number of hydrogen-bond donors (Lipinski definition) is 1. The van der Waals surface area contributed by atoms with E-state index in [0.717, 1.165) is 5.56 Å². The molecule has 156 valence electrons. The summed E-state index contributed by atoms with van der Waals surface area (Å²) in [4.78, 5) is 14.8. The maximum absolute atomic E-state index is 13.8. The van der Waals surface area contributed by atoms with Crippen molar-refractivity contribution < 1.29 is 22.7 Å². The Hall–Kier alpha value is -3.03. The summed E-state index contributed by atoms with van der Waals surface area (Å²) in [6.45, 7) is 2.89. The first kappa shape index (κ1) is 20.3. The van der Waals surface area contributed by atoms with Crippen molar-refractivity contribution in [2.45, 2.75) is 6.04 Å². The molecule has 0 radical (unpaired) electrons. The Morgan fingerprint density at radius 3 is 2.50 bits per heavy atom. The molecule has 1 atom stereocenters. The van der Waals surface area contributed by atoms with E-state index in [1.165, 1.54) is 24.3 Å². The maximum Gasteiger partial charge on any atom is 0.287 e. The van der Waals surface area contributed by atoms with Crippen LogP contribution in [0, 0.1) is 11.6 Å². The lowest BCUT2D eigenvalue weighted by atomic mass is 10.0. The molecule has 7 heteroatoms. The lowest BCUT2D eigenvalue weighted by Crippen LogP contribution is -2.43. The first-order valence-electron chi connectivity index (χ1n) is 9.81. The van der Waals surface area contributed by atoms with Gasteiger partial charge in [0, 0.05) is 25.2 Å². The predicted molar refractivity (Wildman–Crippen MR) is 108 cm³/mol. The van der Waals surface area contributed by atoms with Crippen LogP contribution in [0.1, 0.15) is 22.2 Å². The molecule has 2 heterocycles. The zero-order valence-electron chi connectivity index (χ0n) is 16.3. The van der Waals surface area contributed by atoms with Crippen LogP contribution in [-0.4, -0.2) is 43.7 Å². The topological polar surface area (TPSA) is 54.7 Å². The minimum absolute atomic E-state index is 0.161. The minimum Gasteiger partial charge on any atom is -0.451 e. The second-order valence-electron chi connectivity index (χ2n) is 7.10. The lowest BCUT2D eigenvalue weighted by molar-refractivity contribution is 0.0161. The average molecular weight is 412 g/mol. The summed E-state index contributed by atoms with van der Waals surface area (Å²) in [5, 5.41) is 2.89. The third kappa shape index (κ3) is 4.75. The molecule has 1 amide bonds. The van der Waals surface area contributed by atoms with E-state index in [2.05, 4.69) is 10.2 Å². The molecule has 30 heavy (non-hydrogen) atoms. The largest absolute Gasteiger partial charge is 0.451 e. The van der Waals surface area contributed by atoms with Gasteiger partial charge in [-0.25, -0.2) is 8.78 Å². The van der Waals surface area contributed by atoms with Crippen molar-refractivity contribution in [2.24, 2.45) is 0 Å². The molecule has 1 N–H and O–H groups in total. The molecule has 0 bridgehead atoms. The van der Waals surface area contributed by atoms with Crippen molar-refractivity contribution in [3.05, 3.63) is 83.6 Å². The van der Waals surface area contributed by atoms with Crippen LogP contribution in [0.25, 0.3) is 11.3 Å². The lowest BCUT2D eigenvalue weighted by Gasteiger charge is -2.34. The van der Waals surface area contributed by atoms with Gasteiger partial charge in [0.1, 0.15) is 17.4 Å². The molecule has 2 aromatic carbocycles. The van der Waals surface area contributed by atoms with E-state index >= 15 is 0 Å². The van der Waals surface area contributed by atoms with Gasteiger partial charge < -0.3 is 14.5 Å². The maximum atomic E-state index is 13.8. The number of ether oxygens (including phenoxy) is 1. The molecule has 1 aromatic heterocycles. The first-order valence-corrected chi connectivity index (χ1v) is 9.81. The highest BCUT2D eigenvalue weighted by Gasteiger charge is 2.24. The van der Waals surface area contributed by atoms with Gasteiger partial charge in [-0.1, -0.05) is 12.1 Å². The summed E-state index contributed by atoms with van der Waals surface area (Å²) in [6.07, 6.45) is 0. The van der Waals surface area contributed by atoms with Crippen LogP contribution >= 0.6 is 0 Å². The van der Waals surface area contributed by atoms with Gasteiger partial charge in [-0.15, -0.1) is 0 Å². The molecule has 1 aliphatic heterocycles. The number of furan rings is 1. The van der Waals surface area contributed by atoms with Crippen LogP contribution < -0.4 is 5.32 Å². The van der Waals surface area contributed by atoms with Crippen LogP contribution in [0.4, 0.5) is 8.78 Å². The van der Waals surface area contributed by atoms with Crippen LogP contribution in [0.5, 0.6) is 0 Å². The Kier molecular flexibility index (Phi) is 6.21. The zero-order chi connectivity index (χ0) is 20.9. The van der Waals surface area contributed by atoms with Crippen LogP contribution in [0.3, 0.4) is 0 Å². The van der Waals surface area contributed by atoms with Gasteiger partial charge in [-0.2, -0.15) is 0 Å². The molecule has 0 spiro atoms. The fourth-order valence-corrected chi connectivity index (χ4v) is 3.57. The molecule has 3 aromatic rings. The number of morpholine rings is 1. The Balaban J connectivity index is 1.46. The third-order valence-corrected chi connectivity index (χ3v) is 5.13. The summed E-state index contributed by atoms with van der Waals surface area (Å²) >= 11 is 0. The predicted octanol–water partition coefficient (Wildman–Crippen LogP) is 4.03. The highest BCUT2D eigenvalue weighted by atomic mass is 19.1. The fraction of sp³-hybridized carbons (Fsp3) is 0.261. The van der Waals surface area contributed by atoms with E-state index in [4.69, 9.17) is 9.15 Å². The molecule has 1 aliphatic rings. The van der Waals surface area contributed by atoms with Gasteiger partial charge in [0.15, 0.2) is 5.76 Å². The SMILES string of the molecule is O=C(NCC(c1cccc(F)c1)N1CCOCC1)c1ccc(-c2ccc(F)cc2)o1. The Morgan fingerprint density at radius 2 is 1.77 bits per heavy atom. The number of halogens is 2. The third-order valence-electron chi connectivity index (χ3n) is 5.13. The van der Waals surface area contributed by atoms with Gasteiger partial charge in [0.25, 0.3) is 5.91 Å². The van der Waals surface area contributed by atoms with E-state index in [1.54, 1.807) is 30.3 Å². The molecule has 0 aliphatic carbocycles. The first-order chi connectivity index (χ1) is 14.6. The van der Waals surface area contributed by atoms with Crippen molar-refractivity contribution in [1.29, 1.82) is 0 Å². The van der Waals surface area contributed by atoms with Crippen LogP contribution in [0.15, 0.2) is 65.1 Å². The number of nitrogens with zero attached hydrogens (tertiary/aromatic N) is 1. The number of amides is 1. The van der Waals surface area contributed by atoms with Gasteiger partial charge in [-0.3, -0.25) is 9.69 Å². The second kappa shape index (κ2) is 9.19. The molecule has 1 unspecified atom stereocenters. The van der Waals surface area contributed by atoms with E-state index < -0.39 is 0 Å². The molecule has 1 saturated heterocycles. The van der Waals surface area contributed by atoms with E-state index in [-0.39, 0.29) is 29.3 Å². The molecule has 5 nitrogen and oxygen atoms in total.